The van der Waals surface area contributed by atoms with E-state index in [1.165, 1.54) is 7.11 Å². The van der Waals surface area contributed by atoms with Crippen LogP contribution >= 0.6 is 0 Å². The smallest absolute Gasteiger partial charge is 0.408 e. The molecular formula is C19H29NO4Si. The van der Waals surface area contributed by atoms with Gasteiger partial charge in [0.15, 0.2) is 0 Å². The first kappa shape index (κ1) is 21.0. The van der Waals surface area contributed by atoms with Gasteiger partial charge in [0.05, 0.1) is 7.11 Å². The van der Waals surface area contributed by atoms with E-state index in [2.05, 4.69) is 31.5 Å². The molecule has 0 aliphatic heterocycles. The Bertz CT molecular complexity index is 581. The summed E-state index contributed by atoms with van der Waals surface area (Å²) >= 11 is 0. The van der Waals surface area contributed by atoms with Gasteiger partial charge in [-0.2, -0.15) is 0 Å². The number of hydrogen-bond acceptors (Lipinski definition) is 4. The van der Waals surface area contributed by atoms with Crippen LogP contribution in [0, 0.1) is 0 Å². The maximum Gasteiger partial charge on any atom is 0.408 e. The molecule has 0 fully saturated rings. The molecule has 0 aliphatic rings. The lowest BCUT2D eigenvalue weighted by molar-refractivity contribution is -0.143. The molecule has 5 nitrogen and oxygen atoms in total. The molecule has 1 atom stereocenters. The quantitative estimate of drug-likeness (QED) is 0.407. The van der Waals surface area contributed by atoms with Crippen molar-refractivity contribution in [2.75, 3.05) is 7.11 Å². The van der Waals surface area contributed by atoms with Crippen LogP contribution in [0.25, 0.3) is 0 Å². The number of carbonyl (C=O) groups is 2. The first-order chi connectivity index (χ1) is 11.7. The molecule has 1 unspecified atom stereocenters. The predicted molar refractivity (Wildman–Crippen MR) is 102 cm³/mol. The lowest BCUT2D eigenvalue weighted by Gasteiger charge is -2.20. The third-order valence-corrected chi connectivity index (χ3v) is 5.12. The summed E-state index contributed by atoms with van der Waals surface area (Å²) in [7, 11) is 0.0710. The number of alkyl carbamates (subject to hydrolysis) is 1. The molecule has 0 bridgehead atoms. The Morgan fingerprint density at radius 2 is 1.84 bits per heavy atom. The average molecular weight is 364 g/mol. The van der Waals surface area contributed by atoms with Gasteiger partial charge in [-0.05, 0) is 24.4 Å². The van der Waals surface area contributed by atoms with Gasteiger partial charge in [0, 0.05) is 8.07 Å². The zero-order valence-corrected chi connectivity index (χ0v) is 16.6. The third kappa shape index (κ3) is 9.10. The third-order valence-electron chi connectivity index (χ3n) is 3.56. The normalized spacial score (nSPS) is 12.2. The highest BCUT2D eigenvalue weighted by Crippen LogP contribution is 2.19. The number of nitrogens with one attached hydrogen (secondary N) is 1. The molecule has 1 aromatic carbocycles. The van der Waals surface area contributed by atoms with Crippen LogP contribution in [0.5, 0.6) is 0 Å². The van der Waals surface area contributed by atoms with E-state index in [0.717, 1.165) is 17.2 Å². The van der Waals surface area contributed by atoms with E-state index in [-0.39, 0.29) is 6.61 Å². The van der Waals surface area contributed by atoms with E-state index < -0.39 is 26.2 Å². The molecule has 6 heteroatoms. The molecule has 25 heavy (non-hydrogen) atoms. The largest absolute Gasteiger partial charge is 0.467 e. The predicted octanol–water partition coefficient (Wildman–Crippen LogP) is 4.13. The van der Waals surface area contributed by atoms with Crippen LogP contribution in [0.3, 0.4) is 0 Å². The number of allylic oxidation sites excluding steroid dienone is 1. The number of carbonyl (C=O) groups excluding carboxylic acids is 2. The van der Waals surface area contributed by atoms with Crippen molar-refractivity contribution in [3.63, 3.8) is 0 Å². The first-order valence-corrected chi connectivity index (χ1v) is 12.1. The number of benzene rings is 1. The zero-order chi connectivity index (χ0) is 18.9. The van der Waals surface area contributed by atoms with Crippen molar-refractivity contribution in [1.82, 2.24) is 5.32 Å². The fourth-order valence-electron chi connectivity index (χ4n) is 2.49. The second-order valence-electron chi connectivity index (χ2n) is 7.31. The summed E-state index contributed by atoms with van der Waals surface area (Å²) in [4.78, 5) is 23.9. The molecule has 0 aromatic heterocycles. The molecule has 0 saturated carbocycles. The highest BCUT2D eigenvalue weighted by molar-refractivity contribution is 6.76. The topological polar surface area (TPSA) is 64.6 Å². The number of hydrogen-bond donors (Lipinski definition) is 1. The fraction of sp³-hybridized carbons (Fsp3) is 0.474. The van der Waals surface area contributed by atoms with E-state index in [0.29, 0.717) is 12.8 Å². The van der Waals surface area contributed by atoms with E-state index in [1.54, 1.807) is 0 Å². The second kappa shape index (κ2) is 10.0. The van der Waals surface area contributed by atoms with Crippen LogP contribution in [0.15, 0.2) is 42.5 Å². The van der Waals surface area contributed by atoms with E-state index in [1.807, 2.05) is 30.3 Å². The Morgan fingerprint density at radius 1 is 1.20 bits per heavy atom. The van der Waals surface area contributed by atoms with Crippen molar-refractivity contribution in [2.45, 2.75) is 51.2 Å². The van der Waals surface area contributed by atoms with Gasteiger partial charge in [-0.3, -0.25) is 0 Å². The van der Waals surface area contributed by atoms with Crippen LogP contribution in [0.2, 0.25) is 25.7 Å². The highest BCUT2D eigenvalue weighted by atomic mass is 28.3. The van der Waals surface area contributed by atoms with Crippen LogP contribution in [0.4, 0.5) is 4.79 Å². The van der Waals surface area contributed by atoms with Crippen LogP contribution in [-0.2, 0) is 20.9 Å². The lowest BCUT2D eigenvalue weighted by Crippen LogP contribution is -2.41. The van der Waals surface area contributed by atoms with Crippen molar-refractivity contribution in [2.24, 2.45) is 0 Å². The van der Waals surface area contributed by atoms with E-state index in [4.69, 9.17) is 9.47 Å². The molecule has 0 aliphatic carbocycles. The van der Waals surface area contributed by atoms with Gasteiger partial charge in [0.2, 0.25) is 0 Å². The molecule has 0 heterocycles. The Balaban J connectivity index is 2.50. The standard InChI is InChI=1S/C19H29NO4Si/c1-15(14-25(3,4)5)11-12-17(18(21)23-2)20-19(22)24-13-16-9-7-6-8-10-16/h6-10,17H,1,11-14H2,2-5H3,(H,20,22). The Morgan fingerprint density at radius 3 is 2.40 bits per heavy atom. The minimum absolute atomic E-state index is 0.156. The van der Waals surface area contributed by atoms with Crippen molar-refractivity contribution >= 4 is 20.1 Å². The molecule has 1 aromatic rings. The van der Waals surface area contributed by atoms with Gasteiger partial charge < -0.3 is 14.8 Å². The summed E-state index contributed by atoms with van der Waals surface area (Å²) in [5, 5.41) is 2.59. The maximum atomic E-state index is 12.0. The van der Waals surface area contributed by atoms with Gasteiger partial charge in [0.25, 0.3) is 0 Å². The number of methoxy groups -OCH3 is 1. The molecule has 0 radical (unpaired) electrons. The summed E-state index contributed by atoms with van der Waals surface area (Å²) < 4.78 is 9.95. The first-order valence-electron chi connectivity index (χ1n) is 8.43. The van der Waals surface area contributed by atoms with Crippen molar-refractivity contribution in [3.05, 3.63) is 48.0 Å². The van der Waals surface area contributed by atoms with E-state index >= 15 is 0 Å². The Hall–Kier alpha value is -2.08. The SMILES string of the molecule is C=C(CCC(NC(=O)OCc1ccccc1)C(=O)OC)C[Si](C)(C)C. The Labute approximate surface area is 151 Å². The monoisotopic (exact) mass is 363 g/mol. The van der Waals surface area contributed by atoms with Gasteiger partial charge in [-0.25, -0.2) is 9.59 Å². The van der Waals surface area contributed by atoms with Crippen LogP contribution in [0.1, 0.15) is 18.4 Å². The maximum absolute atomic E-state index is 12.0. The van der Waals surface area contributed by atoms with Crippen molar-refractivity contribution < 1.29 is 19.1 Å². The minimum atomic E-state index is -1.24. The van der Waals surface area contributed by atoms with Gasteiger partial charge >= 0.3 is 12.1 Å². The van der Waals surface area contributed by atoms with Crippen molar-refractivity contribution in [1.29, 1.82) is 0 Å². The zero-order valence-electron chi connectivity index (χ0n) is 15.6. The summed E-state index contributed by atoms with van der Waals surface area (Å²) in [6, 6.07) is 9.64. The van der Waals surface area contributed by atoms with Crippen LogP contribution in [-0.4, -0.2) is 33.3 Å². The second-order valence-corrected chi connectivity index (χ2v) is 12.8. The molecule has 138 valence electrons. The van der Waals surface area contributed by atoms with Gasteiger partial charge in [-0.1, -0.05) is 55.5 Å². The molecule has 1 rings (SSSR count). The average Bonchev–Trinajstić information content (AvgIpc) is 2.55. The molecule has 1 amide bonds. The number of ether oxygens (including phenoxy) is 2. The summed E-state index contributed by atoms with van der Waals surface area (Å²) in [5.74, 6) is -0.475. The van der Waals surface area contributed by atoms with Gasteiger partial charge in [0.1, 0.15) is 12.6 Å². The summed E-state index contributed by atoms with van der Waals surface area (Å²) in [6.07, 6.45) is 0.495. The molecular weight excluding hydrogens is 334 g/mol. The number of amides is 1. The number of esters is 1. The minimum Gasteiger partial charge on any atom is -0.467 e. The summed E-state index contributed by atoms with van der Waals surface area (Å²) in [5.41, 5.74) is 1.99. The summed E-state index contributed by atoms with van der Waals surface area (Å²) in [6.45, 7) is 11.1. The Kier molecular flexibility index (Phi) is 8.41. The van der Waals surface area contributed by atoms with Crippen molar-refractivity contribution in [3.8, 4) is 0 Å². The number of rotatable bonds is 9. The van der Waals surface area contributed by atoms with E-state index in [9.17, 15) is 9.59 Å². The molecule has 0 saturated heterocycles. The highest BCUT2D eigenvalue weighted by Gasteiger charge is 2.23. The van der Waals surface area contributed by atoms with Crippen LogP contribution < -0.4 is 5.32 Å². The fourth-order valence-corrected chi connectivity index (χ4v) is 4.16. The molecule has 0 spiro atoms. The lowest BCUT2D eigenvalue weighted by atomic mass is 10.1. The molecule has 1 N–H and O–H groups in total. The van der Waals surface area contributed by atoms with Gasteiger partial charge in [-0.15, -0.1) is 6.58 Å².